The average molecular weight is 259 g/mol. The molecule has 0 atom stereocenters. The SMILES string of the molecule is O=S(=O)(Nn1cnnc1)c1cccc(Cl)c1. The van der Waals surface area contributed by atoms with Crippen molar-refractivity contribution in [2.45, 2.75) is 4.90 Å². The fourth-order valence-corrected chi connectivity index (χ4v) is 2.35. The first-order chi connectivity index (χ1) is 7.58. The molecule has 2 aromatic rings. The summed E-state index contributed by atoms with van der Waals surface area (Å²) in [5, 5.41) is 7.31. The Labute approximate surface area is 96.9 Å². The highest BCUT2D eigenvalue weighted by atomic mass is 35.5. The van der Waals surface area contributed by atoms with E-state index in [1.807, 2.05) is 0 Å². The van der Waals surface area contributed by atoms with Gasteiger partial charge >= 0.3 is 0 Å². The third kappa shape index (κ3) is 2.31. The molecule has 0 spiro atoms. The van der Waals surface area contributed by atoms with Gasteiger partial charge in [-0.2, -0.15) is 8.42 Å². The van der Waals surface area contributed by atoms with E-state index in [9.17, 15) is 8.42 Å². The van der Waals surface area contributed by atoms with Gasteiger partial charge in [-0.25, -0.2) is 9.51 Å². The van der Waals surface area contributed by atoms with Crippen molar-refractivity contribution in [1.29, 1.82) is 0 Å². The number of hydrogen-bond acceptors (Lipinski definition) is 4. The molecule has 0 radical (unpaired) electrons. The zero-order valence-electron chi connectivity index (χ0n) is 7.91. The zero-order chi connectivity index (χ0) is 11.6. The van der Waals surface area contributed by atoms with Crippen molar-refractivity contribution < 1.29 is 8.42 Å². The number of nitrogens with zero attached hydrogens (tertiary/aromatic N) is 3. The Morgan fingerprint density at radius 2 is 1.94 bits per heavy atom. The lowest BCUT2D eigenvalue weighted by Gasteiger charge is -2.07. The van der Waals surface area contributed by atoms with E-state index in [0.29, 0.717) is 5.02 Å². The second kappa shape index (κ2) is 4.11. The van der Waals surface area contributed by atoms with Crippen molar-refractivity contribution in [2.75, 3.05) is 4.83 Å². The van der Waals surface area contributed by atoms with Gasteiger partial charge in [-0.05, 0) is 18.2 Å². The Balaban J connectivity index is 2.33. The second-order valence-corrected chi connectivity index (χ2v) is 5.02. The summed E-state index contributed by atoms with van der Waals surface area (Å²) in [7, 11) is -3.66. The van der Waals surface area contributed by atoms with Crippen LogP contribution < -0.4 is 4.83 Å². The first-order valence-electron chi connectivity index (χ1n) is 4.21. The molecule has 6 nitrogen and oxygen atoms in total. The lowest BCUT2D eigenvalue weighted by atomic mass is 10.4. The van der Waals surface area contributed by atoms with E-state index in [2.05, 4.69) is 15.0 Å². The number of rotatable bonds is 3. The Morgan fingerprint density at radius 1 is 1.25 bits per heavy atom. The van der Waals surface area contributed by atoms with Crippen LogP contribution in [0.2, 0.25) is 5.02 Å². The van der Waals surface area contributed by atoms with Crippen molar-refractivity contribution in [3.8, 4) is 0 Å². The number of hydrogen-bond donors (Lipinski definition) is 1. The van der Waals surface area contributed by atoms with Crippen LogP contribution in [0.4, 0.5) is 0 Å². The quantitative estimate of drug-likeness (QED) is 0.886. The van der Waals surface area contributed by atoms with Gasteiger partial charge in [0.1, 0.15) is 12.7 Å². The highest BCUT2D eigenvalue weighted by Gasteiger charge is 2.14. The van der Waals surface area contributed by atoms with Gasteiger partial charge < -0.3 is 0 Å². The molecule has 84 valence electrons. The second-order valence-electron chi connectivity index (χ2n) is 2.92. The molecular formula is C8H7ClN4O2S. The van der Waals surface area contributed by atoms with Gasteiger partial charge in [-0.3, -0.25) is 0 Å². The van der Waals surface area contributed by atoms with Crippen LogP contribution in [0.5, 0.6) is 0 Å². The number of nitrogens with one attached hydrogen (secondary N) is 1. The van der Waals surface area contributed by atoms with E-state index >= 15 is 0 Å². The van der Waals surface area contributed by atoms with Gasteiger partial charge in [0.15, 0.2) is 0 Å². The first kappa shape index (κ1) is 10.9. The lowest BCUT2D eigenvalue weighted by Crippen LogP contribution is -2.21. The van der Waals surface area contributed by atoms with Crippen molar-refractivity contribution in [2.24, 2.45) is 0 Å². The molecular weight excluding hydrogens is 252 g/mol. The normalized spacial score (nSPS) is 11.3. The summed E-state index contributed by atoms with van der Waals surface area (Å²) >= 11 is 5.71. The molecule has 1 aromatic heterocycles. The molecule has 0 fully saturated rings. The van der Waals surface area contributed by atoms with Crippen LogP contribution in [-0.4, -0.2) is 23.3 Å². The van der Waals surface area contributed by atoms with Crippen LogP contribution in [0.3, 0.4) is 0 Å². The Morgan fingerprint density at radius 3 is 2.56 bits per heavy atom. The van der Waals surface area contributed by atoms with Crippen LogP contribution in [0.25, 0.3) is 0 Å². The number of aromatic nitrogens is 3. The number of halogens is 1. The smallest absolute Gasteiger partial charge is 0.221 e. The molecule has 0 aliphatic heterocycles. The minimum atomic E-state index is -3.66. The molecule has 1 N–H and O–H groups in total. The van der Waals surface area contributed by atoms with Gasteiger partial charge in [0.05, 0.1) is 4.90 Å². The van der Waals surface area contributed by atoms with E-state index in [4.69, 9.17) is 11.6 Å². The van der Waals surface area contributed by atoms with Crippen LogP contribution in [-0.2, 0) is 10.0 Å². The number of benzene rings is 1. The summed E-state index contributed by atoms with van der Waals surface area (Å²) in [6.07, 6.45) is 2.48. The van der Waals surface area contributed by atoms with Crippen LogP contribution in [0.1, 0.15) is 0 Å². The topological polar surface area (TPSA) is 76.9 Å². The summed E-state index contributed by atoms with van der Waals surface area (Å²) in [5.74, 6) is 0. The van der Waals surface area contributed by atoms with Crippen LogP contribution in [0, 0.1) is 0 Å². The maximum absolute atomic E-state index is 11.8. The minimum absolute atomic E-state index is 0.0775. The van der Waals surface area contributed by atoms with Crippen molar-refractivity contribution in [1.82, 2.24) is 14.9 Å². The van der Waals surface area contributed by atoms with Gasteiger partial charge in [0.2, 0.25) is 0 Å². The van der Waals surface area contributed by atoms with E-state index < -0.39 is 10.0 Å². The van der Waals surface area contributed by atoms with Gasteiger partial charge in [0.25, 0.3) is 10.0 Å². The first-order valence-corrected chi connectivity index (χ1v) is 6.07. The molecule has 2 rings (SSSR count). The summed E-state index contributed by atoms with van der Waals surface area (Å²) in [4.78, 5) is 2.32. The lowest BCUT2D eigenvalue weighted by molar-refractivity contribution is 0.595. The Bertz CT molecular complexity index is 582. The predicted octanol–water partition coefficient (Wildman–Crippen LogP) is 0.864. The fraction of sp³-hybridized carbons (Fsp3) is 0. The van der Waals surface area contributed by atoms with Crippen LogP contribution >= 0.6 is 11.6 Å². The highest BCUT2D eigenvalue weighted by molar-refractivity contribution is 7.92. The monoisotopic (exact) mass is 258 g/mol. The maximum atomic E-state index is 11.8. The Hall–Kier alpha value is -1.60. The molecule has 1 aromatic carbocycles. The highest BCUT2D eigenvalue weighted by Crippen LogP contribution is 2.15. The molecule has 0 amide bonds. The predicted molar refractivity (Wildman–Crippen MR) is 58.0 cm³/mol. The van der Waals surface area contributed by atoms with Crippen LogP contribution in [0.15, 0.2) is 41.8 Å². The molecule has 0 aliphatic carbocycles. The van der Waals surface area contributed by atoms with E-state index in [1.165, 1.54) is 24.8 Å². The molecule has 0 aliphatic rings. The third-order valence-corrected chi connectivity index (χ3v) is 3.31. The molecule has 0 unspecified atom stereocenters. The van der Waals surface area contributed by atoms with E-state index in [-0.39, 0.29) is 4.90 Å². The average Bonchev–Trinajstić information content (AvgIpc) is 2.70. The third-order valence-electron chi connectivity index (χ3n) is 1.75. The van der Waals surface area contributed by atoms with Crippen molar-refractivity contribution >= 4 is 21.6 Å². The van der Waals surface area contributed by atoms with Crippen molar-refractivity contribution in [3.63, 3.8) is 0 Å². The standard InChI is InChI=1S/C8H7ClN4O2S/c9-7-2-1-3-8(4-7)16(14,15)12-13-5-10-11-6-13/h1-6,12H. The van der Waals surface area contributed by atoms with Crippen molar-refractivity contribution in [3.05, 3.63) is 41.9 Å². The molecule has 1 heterocycles. The summed E-state index contributed by atoms with van der Waals surface area (Å²) < 4.78 is 24.7. The van der Waals surface area contributed by atoms with Gasteiger partial charge in [-0.15, -0.1) is 10.2 Å². The largest absolute Gasteiger partial charge is 0.275 e. The fourth-order valence-electron chi connectivity index (χ4n) is 1.07. The van der Waals surface area contributed by atoms with Gasteiger partial charge in [-0.1, -0.05) is 17.7 Å². The number of sulfonamides is 1. The summed E-state index contributed by atoms with van der Waals surface area (Å²) in [6.45, 7) is 0. The molecule has 0 saturated carbocycles. The molecule has 0 bridgehead atoms. The zero-order valence-corrected chi connectivity index (χ0v) is 9.48. The molecule has 0 saturated heterocycles. The molecule has 8 heteroatoms. The Kier molecular flexibility index (Phi) is 2.80. The van der Waals surface area contributed by atoms with E-state index in [1.54, 1.807) is 12.1 Å². The maximum Gasteiger partial charge on any atom is 0.275 e. The molecule has 16 heavy (non-hydrogen) atoms. The summed E-state index contributed by atoms with van der Waals surface area (Å²) in [5.41, 5.74) is 0. The minimum Gasteiger partial charge on any atom is -0.221 e. The summed E-state index contributed by atoms with van der Waals surface area (Å²) in [6, 6.07) is 5.95. The van der Waals surface area contributed by atoms with E-state index in [0.717, 1.165) is 4.68 Å². The van der Waals surface area contributed by atoms with Gasteiger partial charge in [0, 0.05) is 5.02 Å².